The average molecular weight is 433 g/mol. The number of carbonyl (C=O) groups excluding carboxylic acids is 3. The molecule has 7 heteroatoms. The smallest absolute Gasteiger partial charge is 0.331 e. The maximum Gasteiger partial charge on any atom is 0.331 e. The van der Waals surface area contributed by atoms with Crippen LogP contribution in [0.2, 0.25) is 0 Å². The molecule has 1 aromatic carbocycles. The third-order valence-corrected chi connectivity index (χ3v) is 7.98. The van der Waals surface area contributed by atoms with Gasteiger partial charge in [0.25, 0.3) is 0 Å². The van der Waals surface area contributed by atoms with E-state index in [1.165, 1.54) is 4.90 Å². The van der Waals surface area contributed by atoms with Gasteiger partial charge in [0.2, 0.25) is 11.8 Å². The number of anilines is 1. The number of benzene rings is 1. The first-order valence-electron chi connectivity index (χ1n) is 11.9. The van der Waals surface area contributed by atoms with Crippen LogP contribution in [-0.4, -0.2) is 46.4 Å². The molecular weight excluding hydrogens is 404 g/mol. The summed E-state index contributed by atoms with van der Waals surface area (Å²) >= 11 is 0. The highest BCUT2D eigenvalue weighted by Crippen LogP contribution is 2.48. The normalized spacial score (nSPS) is 28.6. The Morgan fingerprint density at radius 2 is 1.75 bits per heavy atom. The Hall–Kier alpha value is -2.96. The van der Waals surface area contributed by atoms with Crippen LogP contribution in [0.5, 0.6) is 0 Å². The number of rotatable bonds is 1. The number of hydrogen-bond acceptors (Lipinski definition) is 5. The second-order valence-corrected chi connectivity index (χ2v) is 9.74. The SMILES string of the molecule is O=C1NC(=O)[C@]2(Cc3cc4ccccc4nc3N3CCCC[C@H]32)C(=O)N1C1CCCCC1. The number of carbonyl (C=O) groups is 3. The molecule has 0 bridgehead atoms. The fourth-order valence-electron chi connectivity index (χ4n) is 6.44. The van der Waals surface area contributed by atoms with Crippen molar-refractivity contribution in [3.63, 3.8) is 0 Å². The molecule has 3 aliphatic heterocycles. The van der Waals surface area contributed by atoms with Crippen LogP contribution in [0.4, 0.5) is 10.6 Å². The zero-order valence-electron chi connectivity index (χ0n) is 18.2. The average Bonchev–Trinajstić information content (AvgIpc) is 2.82. The Labute approximate surface area is 187 Å². The van der Waals surface area contributed by atoms with Crippen LogP contribution in [-0.2, 0) is 16.0 Å². The number of piperidine rings is 1. The van der Waals surface area contributed by atoms with E-state index >= 15 is 0 Å². The van der Waals surface area contributed by atoms with Crippen LogP contribution in [0.3, 0.4) is 0 Å². The van der Waals surface area contributed by atoms with Crippen LogP contribution in [0.25, 0.3) is 10.9 Å². The van der Waals surface area contributed by atoms with Gasteiger partial charge in [-0.3, -0.25) is 19.8 Å². The molecule has 2 aromatic rings. The Kier molecular flexibility index (Phi) is 4.49. The van der Waals surface area contributed by atoms with Crippen LogP contribution in [0.15, 0.2) is 30.3 Å². The Morgan fingerprint density at radius 1 is 0.969 bits per heavy atom. The molecule has 1 aliphatic carbocycles. The van der Waals surface area contributed by atoms with Crippen LogP contribution in [0, 0.1) is 5.41 Å². The van der Waals surface area contributed by atoms with Crippen molar-refractivity contribution in [3.05, 3.63) is 35.9 Å². The lowest BCUT2D eigenvalue weighted by Crippen LogP contribution is -2.73. The summed E-state index contributed by atoms with van der Waals surface area (Å²) in [6, 6.07) is 9.11. The minimum atomic E-state index is -1.27. The first-order chi connectivity index (χ1) is 15.6. The summed E-state index contributed by atoms with van der Waals surface area (Å²) in [7, 11) is 0. The van der Waals surface area contributed by atoms with Crippen molar-refractivity contribution < 1.29 is 14.4 Å². The highest BCUT2D eigenvalue weighted by atomic mass is 16.2. The molecule has 4 amide bonds. The van der Waals surface area contributed by atoms with E-state index in [1.54, 1.807) is 0 Å². The van der Waals surface area contributed by atoms with E-state index in [-0.39, 0.29) is 18.0 Å². The van der Waals surface area contributed by atoms with Gasteiger partial charge in [0.05, 0.1) is 11.6 Å². The second kappa shape index (κ2) is 7.29. The Balaban J connectivity index is 1.49. The number of imide groups is 2. The van der Waals surface area contributed by atoms with Crippen molar-refractivity contribution in [2.75, 3.05) is 11.4 Å². The van der Waals surface area contributed by atoms with Crippen molar-refractivity contribution >= 4 is 34.6 Å². The van der Waals surface area contributed by atoms with Crippen LogP contribution >= 0.6 is 0 Å². The van der Waals surface area contributed by atoms with Gasteiger partial charge in [-0.2, -0.15) is 0 Å². The summed E-state index contributed by atoms with van der Waals surface area (Å²) in [5.41, 5.74) is 0.566. The summed E-state index contributed by atoms with van der Waals surface area (Å²) in [4.78, 5) is 49.1. The molecule has 1 aromatic heterocycles. The van der Waals surface area contributed by atoms with Gasteiger partial charge in [-0.05, 0) is 49.8 Å². The molecule has 166 valence electrons. The van der Waals surface area contributed by atoms with E-state index in [9.17, 15) is 14.4 Å². The molecule has 1 N–H and O–H groups in total. The first-order valence-corrected chi connectivity index (χ1v) is 11.9. The Bertz CT molecular complexity index is 1130. The fraction of sp³-hybridized carbons (Fsp3) is 0.520. The van der Waals surface area contributed by atoms with E-state index in [0.717, 1.165) is 80.2 Å². The minimum absolute atomic E-state index is 0.116. The van der Waals surface area contributed by atoms with Gasteiger partial charge in [-0.25, -0.2) is 9.78 Å². The third kappa shape index (κ3) is 2.72. The van der Waals surface area contributed by atoms with Gasteiger partial charge in [0.1, 0.15) is 5.82 Å². The standard InChI is InChI=1S/C25H28N4O3/c30-22-25(23(31)29(24(32)27-22)18-9-2-1-3-10-18)15-17-14-16-8-4-5-11-19(16)26-21(17)28-13-7-6-12-20(25)28/h4-5,8,11,14,18,20H,1-3,6-7,9-10,12-13,15H2,(H,27,30,32)/t20-,25+/m0/s1. The van der Waals surface area contributed by atoms with Gasteiger partial charge in [0, 0.05) is 24.4 Å². The lowest BCUT2D eigenvalue weighted by molar-refractivity contribution is -0.156. The summed E-state index contributed by atoms with van der Waals surface area (Å²) in [6.45, 7) is 0.767. The number of aromatic nitrogens is 1. The number of urea groups is 1. The van der Waals surface area contributed by atoms with Crippen LogP contribution < -0.4 is 10.2 Å². The van der Waals surface area contributed by atoms with Gasteiger partial charge >= 0.3 is 6.03 Å². The van der Waals surface area contributed by atoms with Gasteiger partial charge < -0.3 is 4.90 Å². The van der Waals surface area contributed by atoms with Crippen molar-refractivity contribution in [2.24, 2.45) is 5.41 Å². The highest BCUT2D eigenvalue weighted by Gasteiger charge is 2.63. The summed E-state index contributed by atoms with van der Waals surface area (Å²) in [5.74, 6) is 0.157. The molecule has 2 atom stereocenters. The molecule has 4 heterocycles. The summed E-state index contributed by atoms with van der Waals surface area (Å²) in [5, 5.41) is 3.60. The highest BCUT2D eigenvalue weighted by molar-refractivity contribution is 6.20. The molecule has 0 radical (unpaired) electrons. The second-order valence-electron chi connectivity index (χ2n) is 9.74. The van der Waals surface area contributed by atoms with Crippen molar-refractivity contribution in [2.45, 2.75) is 69.9 Å². The van der Waals surface area contributed by atoms with Crippen LogP contribution in [0.1, 0.15) is 56.9 Å². The van der Waals surface area contributed by atoms with E-state index in [4.69, 9.17) is 4.98 Å². The lowest BCUT2D eigenvalue weighted by atomic mass is 9.66. The number of nitrogens with one attached hydrogen (secondary N) is 1. The number of barbiturate groups is 1. The number of nitrogens with zero attached hydrogens (tertiary/aromatic N) is 3. The molecular formula is C25H28N4O3. The van der Waals surface area contributed by atoms with Gasteiger partial charge in [-0.15, -0.1) is 0 Å². The van der Waals surface area contributed by atoms with E-state index in [0.29, 0.717) is 6.42 Å². The predicted octanol–water partition coefficient (Wildman–Crippen LogP) is 3.55. The molecule has 2 saturated heterocycles. The number of para-hydroxylation sites is 1. The fourth-order valence-corrected chi connectivity index (χ4v) is 6.44. The van der Waals surface area contributed by atoms with Crippen molar-refractivity contribution in [3.8, 4) is 0 Å². The third-order valence-electron chi connectivity index (χ3n) is 7.98. The molecule has 3 fully saturated rings. The molecule has 1 spiro atoms. The largest absolute Gasteiger partial charge is 0.352 e. The van der Waals surface area contributed by atoms with E-state index in [1.807, 2.05) is 24.3 Å². The zero-order chi connectivity index (χ0) is 21.9. The van der Waals surface area contributed by atoms with E-state index < -0.39 is 17.4 Å². The number of pyridine rings is 1. The van der Waals surface area contributed by atoms with Gasteiger partial charge in [0.15, 0.2) is 5.41 Å². The maximum absolute atomic E-state index is 14.1. The number of fused-ring (bicyclic) bond motifs is 5. The summed E-state index contributed by atoms with van der Waals surface area (Å²) < 4.78 is 0. The molecule has 32 heavy (non-hydrogen) atoms. The minimum Gasteiger partial charge on any atom is -0.352 e. The topological polar surface area (TPSA) is 82.6 Å². The molecule has 7 nitrogen and oxygen atoms in total. The monoisotopic (exact) mass is 432 g/mol. The zero-order valence-corrected chi connectivity index (χ0v) is 18.2. The maximum atomic E-state index is 14.1. The van der Waals surface area contributed by atoms with Gasteiger partial charge in [-0.1, -0.05) is 37.5 Å². The lowest BCUT2D eigenvalue weighted by Gasteiger charge is -2.54. The summed E-state index contributed by atoms with van der Waals surface area (Å²) in [6.07, 6.45) is 7.80. The number of hydrogen-bond donors (Lipinski definition) is 1. The van der Waals surface area contributed by atoms with Crippen molar-refractivity contribution in [1.82, 2.24) is 15.2 Å². The molecule has 4 aliphatic rings. The molecule has 0 unspecified atom stereocenters. The quantitative estimate of drug-likeness (QED) is 0.697. The first kappa shape index (κ1) is 19.7. The number of amides is 4. The molecule has 6 rings (SSSR count). The van der Waals surface area contributed by atoms with E-state index in [2.05, 4.69) is 16.3 Å². The Morgan fingerprint density at radius 3 is 2.59 bits per heavy atom. The van der Waals surface area contributed by atoms with Crippen molar-refractivity contribution in [1.29, 1.82) is 0 Å². The predicted molar refractivity (Wildman–Crippen MR) is 120 cm³/mol. The molecule has 1 saturated carbocycles.